The number of amides is 1. The fourth-order valence-electron chi connectivity index (χ4n) is 3.08. The Morgan fingerprint density at radius 3 is 2.71 bits per heavy atom. The summed E-state index contributed by atoms with van der Waals surface area (Å²) in [5.74, 6) is 0.617. The van der Waals surface area contributed by atoms with Gasteiger partial charge >= 0.3 is 0 Å². The van der Waals surface area contributed by atoms with Gasteiger partial charge in [-0.3, -0.25) is 9.69 Å². The number of benzene rings is 1. The predicted molar refractivity (Wildman–Crippen MR) is 109 cm³/mol. The number of carbonyl (C=O) groups is 1. The molecule has 1 saturated heterocycles. The minimum atomic E-state index is -0.0786. The van der Waals surface area contributed by atoms with Gasteiger partial charge in [-0.15, -0.1) is 11.8 Å². The molecule has 1 aromatic carbocycles. The molecule has 0 bridgehead atoms. The molecule has 0 aliphatic carbocycles. The van der Waals surface area contributed by atoms with Gasteiger partial charge in [0.25, 0.3) is 5.91 Å². The number of ether oxygens (including phenoxy) is 1. The summed E-state index contributed by atoms with van der Waals surface area (Å²) in [5.41, 5.74) is 2.51. The highest BCUT2D eigenvalue weighted by atomic mass is 32.2. The van der Waals surface area contributed by atoms with Gasteiger partial charge < -0.3 is 15.4 Å². The molecule has 0 radical (unpaired) electrons. The largest absolute Gasteiger partial charge is 0.379 e. The van der Waals surface area contributed by atoms with Gasteiger partial charge in [0, 0.05) is 55.1 Å². The fourth-order valence-corrected chi connectivity index (χ4v) is 4.00. The molecule has 7 nitrogen and oxygen atoms in total. The van der Waals surface area contributed by atoms with Crippen LogP contribution in [0.4, 0.5) is 0 Å². The molecule has 146 valence electrons. The van der Waals surface area contributed by atoms with Crippen LogP contribution in [0.5, 0.6) is 0 Å². The maximum absolute atomic E-state index is 12.4. The summed E-state index contributed by atoms with van der Waals surface area (Å²) < 4.78 is 5.33. The number of hydrogen-bond acceptors (Lipinski definition) is 7. The van der Waals surface area contributed by atoms with Gasteiger partial charge in [0.05, 0.1) is 13.2 Å². The van der Waals surface area contributed by atoms with Crippen LogP contribution in [0, 0.1) is 0 Å². The first-order valence-electron chi connectivity index (χ1n) is 9.37. The summed E-state index contributed by atoms with van der Waals surface area (Å²) in [6, 6.07) is 9.87. The van der Waals surface area contributed by atoms with E-state index in [0.717, 1.165) is 44.0 Å². The number of carbonyl (C=O) groups excluding carboxylic acids is 1. The van der Waals surface area contributed by atoms with Crippen LogP contribution in [0.2, 0.25) is 0 Å². The Morgan fingerprint density at radius 1 is 1.21 bits per heavy atom. The van der Waals surface area contributed by atoms with Crippen molar-refractivity contribution in [2.75, 3.05) is 39.4 Å². The molecule has 2 aliphatic heterocycles. The second kappa shape index (κ2) is 9.18. The summed E-state index contributed by atoms with van der Waals surface area (Å²) in [7, 11) is 0. The Balaban J connectivity index is 1.26. The smallest absolute Gasteiger partial charge is 0.267 e. The quantitative estimate of drug-likeness (QED) is 0.769. The Labute approximate surface area is 168 Å². The second-order valence-electron chi connectivity index (χ2n) is 6.61. The van der Waals surface area contributed by atoms with Crippen molar-refractivity contribution in [2.45, 2.75) is 5.37 Å². The number of nitrogens with one attached hydrogen (secondary N) is 2. The summed E-state index contributed by atoms with van der Waals surface area (Å²) in [6.07, 6.45) is 3.63. The lowest BCUT2D eigenvalue weighted by Gasteiger charge is -2.26. The average Bonchev–Trinajstić information content (AvgIpc) is 3.26. The number of hydrogen-bond donors (Lipinski definition) is 2. The van der Waals surface area contributed by atoms with Gasteiger partial charge in [-0.25, -0.2) is 9.97 Å². The summed E-state index contributed by atoms with van der Waals surface area (Å²) >= 11 is 1.55. The van der Waals surface area contributed by atoms with Crippen molar-refractivity contribution >= 4 is 17.7 Å². The van der Waals surface area contributed by atoms with E-state index < -0.39 is 0 Å². The van der Waals surface area contributed by atoms with E-state index >= 15 is 0 Å². The Bertz CT molecular complexity index is 822. The molecule has 0 saturated carbocycles. The van der Waals surface area contributed by atoms with Gasteiger partial charge in [0.15, 0.2) is 5.82 Å². The molecule has 2 aromatic rings. The molecule has 1 atom stereocenters. The van der Waals surface area contributed by atoms with Crippen LogP contribution in [-0.4, -0.2) is 60.2 Å². The lowest BCUT2D eigenvalue weighted by Crippen LogP contribution is -2.42. The third-order valence-electron chi connectivity index (χ3n) is 4.68. The molecule has 28 heavy (non-hydrogen) atoms. The highest BCUT2D eigenvalue weighted by molar-refractivity contribution is 8.02. The van der Waals surface area contributed by atoms with E-state index in [-0.39, 0.29) is 11.3 Å². The van der Waals surface area contributed by atoms with Crippen molar-refractivity contribution in [1.29, 1.82) is 0 Å². The topological polar surface area (TPSA) is 79.4 Å². The number of morpholine rings is 1. The molecule has 2 N–H and O–H groups in total. The molecule has 2 aliphatic rings. The van der Waals surface area contributed by atoms with Gasteiger partial charge in [-0.1, -0.05) is 30.3 Å². The molecule has 0 spiro atoms. The van der Waals surface area contributed by atoms with Crippen LogP contribution in [0.3, 0.4) is 0 Å². The number of nitrogens with zero attached hydrogens (tertiary/aromatic N) is 3. The minimum Gasteiger partial charge on any atom is -0.379 e. The van der Waals surface area contributed by atoms with E-state index in [0.29, 0.717) is 18.1 Å². The second-order valence-corrected chi connectivity index (χ2v) is 7.59. The molecule has 8 heteroatoms. The zero-order valence-electron chi connectivity index (χ0n) is 15.5. The average molecular weight is 398 g/mol. The Kier molecular flexibility index (Phi) is 6.20. The number of rotatable bonds is 6. The summed E-state index contributed by atoms with van der Waals surface area (Å²) in [4.78, 5) is 23.6. The van der Waals surface area contributed by atoms with Gasteiger partial charge in [-0.2, -0.15) is 0 Å². The molecule has 1 aromatic heterocycles. The van der Waals surface area contributed by atoms with Crippen LogP contribution >= 0.6 is 11.8 Å². The third kappa shape index (κ3) is 4.70. The maximum Gasteiger partial charge on any atom is 0.267 e. The van der Waals surface area contributed by atoms with E-state index in [1.54, 1.807) is 11.8 Å². The predicted octanol–water partition coefficient (Wildman–Crippen LogP) is 1.77. The van der Waals surface area contributed by atoms with Crippen molar-refractivity contribution < 1.29 is 9.53 Å². The normalized spacial score (nSPS) is 19.7. The Hall–Kier alpha value is -2.42. The van der Waals surface area contributed by atoms with Crippen molar-refractivity contribution in [2.24, 2.45) is 0 Å². The van der Waals surface area contributed by atoms with Crippen molar-refractivity contribution in [3.05, 3.63) is 59.4 Å². The molecule has 1 unspecified atom stereocenters. The summed E-state index contributed by atoms with van der Waals surface area (Å²) in [5, 5.41) is 8.04. The highest BCUT2D eigenvalue weighted by Crippen LogP contribution is 2.33. The molecule has 1 fully saturated rings. The van der Waals surface area contributed by atoms with Gasteiger partial charge in [-0.05, 0) is 0 Å². The highest BCUT2D eigenvalue weighted by Gasteiger charge is 2.23. The van der Waals surface area contributed by atoms with Crippen LogP contribution < -0.4 is 10.6 Å². The van der Waals surface area contributed by atoms with Crippen LogP contribution in [0.15, 0.2) is 53.8 Å². The first-order valence-corrected chi connectivity index (χ1v) is 10.3. The third-order valence-corrected chi connectivity index (χ3v) is 5.71. The zero-order valence-corrected chi connectivity index (χ0v) is 16.3. The standard InChI is InChI=1S/C20H23N5O2S/c26-19(21-6-7-25-8-10-27-11-9-25)17-14-28-20(24-17)16-12-22-18(23-13-16)15-4-2-1-3-5-15/h1-5,12-14,20,24H,6-11H2,(H,21,26). The summed E-state index contributed by atoms with van der Waals surface area (Å²) in [6.45, 7) is 4.85. The molecular weight excluding hydrogens is 374 g/mol. The van der Waals surface area contributed by atoms with Gasteiger partial charge in [0.1, 0.15) is 11.1 Å². The lowest BCUT2D eigenvalue weighted by atomic mass is 10.2. The maximum atomic E-state index is 12.4. The van der Waals surface area contributed by atoms with E-state index in [1.807, 2.05) is 48.1 Å². The van der Waals surface area contributed by atoms with Crippen LogP contribution in [-0.2, 0) is 9.53 Å². The molecule has 3 heterocycles. The first kappa shape index (κ1) is 18.9. The fraction of sp³-hybridized carbons (Fsp3) is 0.350. The van der Waals surface area contributed by atoms with Crippen molar-refractivity contribution in [3.8, 4) is 11.4 Å². The van der Waals surface area contributed by atoms with Crippen molar-refractivity contribution in [1.82, 2.24) is 25.5 Å². The van der Waals surface area contributed by atoms with E-state index in [4.69, 9.17) is 4.74 Å². The molecule has 1 amide bonds. The molecule has 4 rings (SSSR count). The zero-order chi connectivity index (χ0) is 19.2. The minimum absolute atomic E-state index is 0.0511. The van der Waals surface area contributed by atoms with E-state index in [2.05, 4.69) is 25.5 Å². The SMILES string of the molecule is O=C(NCCN1CCOCC1)C1=CSC(c2cnc(-c3ccccc3)nc2)N1. The Morgan fingerprint density at radius 2 is 1.96 bits per heavy atom. The monoisotopic (exact) mass is 397 g/mol. The first-order chi connectivity index (χ1) is 13.8. The number of aromatic nitrogens is 2. The number of thioether (sulfide) groups is 1. The van der Waals surface area contributed by atoms with Crippen LogP contribution in [0.25, 0.3) is 11.4 Å². The molecular formula is C20H23N5O2S. The van der Waals surface area contributed by atoms with E-state index in [1.165, 1.54) is 0 Å². The van der Waals surface area contributed by atoms with Crippen LogP contribution in [0.1, 0.15) is 10.9 Å². The van der Waals surface area contributed by atoms with E-state index in [9.17, 15) is 4.79 Å². The van der Waals surface area contributed by atoms with Gasteiger partial charge in [0.2, 0.25) is 0 Å². The van der Waals surface area contributed by atoms with Crippen molar-refractivity contribution in [3.63, 3.8) is 0 Å². The lowest BCUT2D eigenvalue weighted by molar-refractivity contribution is -0.117.